The molecule has 1 fully saturated rings. The summed E-state index contributed by atoms with van der Waals surface area (Å²) in [6.07, 6.45) is 6.40. The Bertz CT molecular complexity index is 351. The van der Waals surface area contributed by atoms with Gasteiger partial charge in [0.1, 0.15) is 5.75 Å². The first-order chi connectivity index (χ1) is 8.29. The highest BCUT2D eigenvalue weighted by Gasteiger charge is 2.19. The predicted molar refractivity (Wildman–Crippen MR) is 71.3 cm³/mol. The summed E-state index contributed by atoms with van der Waals surface area (Å²) in [5, 5.41) is 9.43. The second kappa shape index (κ2) is 6.06. The van der Waals surface area contributed by atoms with Crippen molar-refractivity contribution in [2.45, 2.75) is 45.1 Å². The van der Waals surface area contributed by atoms with Crippen molar-refractivity contribution in [3.63, 3.8) is 0 Å². The van der Waals surface area contributed by atoms with E-state index in [4.69, 9.17) is 0 Å². The van der Waals surface area contributed by atoms with Crippen molar-refractivity contribution in [3.8, 4) is 5.75 Å². The first kappa shape index (κ1) is 12.4. The van der Waals surface area contributed by atoms with Crippen LogP contribution in [0.3, 0.4) is 0 Å². The summed E-state index contributed by atoms with van der Waals surface area (Å²) < 4.78 is 0. The minimum Gasteiger partial charge on any atom is -0.508 e. The molecule has 94 valence electrons. The number of hydrogen-bond donors (Lipinski definition) is 1. The van der Waals surface area contributed by atoms with E-state index in [-0.39, 0.29) is 0 Å². The molecule has 0 radical (unpaired) electrons. The van der Waals surface area contributed by atoms with Gasteiger partial charge in [-0.2, -0.15) is 0 Å². The number of benzene rings is 1. The molecule has 0 amide bonds. The van der Waals surface area contributed by atoms with Crippen molar-refractivity contribution in [1.82, 2.24) is 4.90 Å². The maximum atomic E-state index is 9.43. The van der Waals surface area contributed by atoms with Gasteiger partial charge in [0.05, 0.1) is 0 Å². The van der Waals surface area contributed by atoms with E-state index in [0.717, 1.165) is 19.0 Å². The van der Waals surface area contributed by atoms with Gasteiger partial charge in [-0.15, -0.1) is 0 Å². The summed E-state index contributed by atoms with van der Waals surface area (Å²) in [7, 11) is 0. The normalized spacial score (nSPS) is 21.6. The van der Waals surface area contributed by atoms with Gasteiger partial charge in [0, 0.05) is 12.6 Å². The third-order valence-corrected chi connectivity index (χ3v) is 3.82. The number of likely N-dealkylation sites (tertiary alicyclic amines) is 1. The fraction of sp³-hybridized carbons (Fsp3) is 0.600. The standard InChI is InChI=1S/C15H23NO/c1-2-14-7-3-4-10-16(14)11-9-13-6-5-8-15(17)12-13/h5-6,8,12,14,17H,2-4,7,9-11H2,1H3. The van der Waals surface area contributed by atoms with Gasteiger partial charge in [-0.05, 0) is 49.9 Å². The molecule has 1 aliphatic rings. The van der Waals surface area contributed by atoms with Crippen LogP contribution in [-0.4, -0.2) is 29.1 Å². The molecule has 1 aliphatic heterocycles. The number of piperidine rings is 1. The second-order valence-corrected chi connectivity index (χ2v) is 5.01. The Morgan fingerprint density at radius 1 is 1.35 bits per heavy atom. The molecule has 2 heteroatoms. The van der Waals surface area contributed by atoms with Crippen LogP contribution in [0.4, 0.5) is 0 Å². The van der Waals surface area contributed by atoms with E-state index < -0.39 is 0 Å². The molecule has 1 N–H and O–H groups in total. The summed E-state index contributed by atoms with van der Waals surface area (Å²) in [6.45, 7) is 4.66. The zero-order valence-corrected chi connectivity index (χ0v) is 10.7. The van der Waals surface area contributed by atoms with E-state index in [0.29, 0.717) is 5.75 Å². The summed E-state index contributed by atoms with van der Waals surface area (Å²) in [5.41, 5.74) is 1.24. The lowest BCUT2D eigenvalue weighted by molar-refractivity contribution is 0.146. The number of phenolic OH excluding ortho intramolecular Hbond substituents is 1. The first-order valence-corrected chi connectivity index (χ1v) is 6.81. The van der Waals surface area contributed by atoms with Gasteiger partial charge < -0.3 is 10.0 Å². The van der Waals surface area contributed by atoms with Crippen molar-refractivity contribution < 1.29 is 5.11 Å². The van der Waals surface area contributed by atoms with Gasteiger partial charge in [0.25, 0.3) is 0 Å². The molecule has 0 saturated carbocycles. The summed E-state index contributed by atoms with van der Waals surface area (Å²) in [6, 6.07) is 8.42. The highest BCUT2D eigenvalue weighted by molar-refractivity contribution is 5.27. The number of aromatic hydroxyl groups is 1. The zero-order valence-electron chi connectivity index (χ0n) is 10.7. The Hall–Kier alpha value is -1.02. The second-order valence-electron chi connectivity index (χ2n) is 5.01. The van der Waals surface area contributed by atoms with Gasteiger partial charge in [-0.1, -0.05) is 25.5 Å². The smallest absolute Gasteiger partial charge is 0.115 e. The van der Waals surface area contributed by atoms with Crippen LogP contribution in [0.2, 0.25) is 0 Å². The molecule has 0 aliphatic carbocycles. The predicted octanol–water partition coefficient (Wildman–Crippen LogP) is 3.20. The number of phenols is 1. The lowest BCUT2D eigenvalue weighted by Gasteiger charge is -2.35. The van der Waals surface area contributed by atoms with E-state index in [9.17, 15) is 5.11 Å². The molecule has 1 saturated heterocycles. The molecule has 1 aromatic rings. The molecule has 2 nitrogen and oxygen atoms in total. The van der Waals surface area contributed by atoms with Crippen molar-refractivity contribution in [2.75, 3.05) is 13.1 Å². The summed E-state index contributed by atoms with van der Waals surface area (Å²) in [4.78, 5) is 2.62. The van der Waals surface area contributed by atoms with Crippen LogP contribution in [0.5, 0.6) is 5.75 Å². The Morgan fingerprint density at radius 2 is 2.24 bits per heavy atom. The van der Waals surface area contributed by atoms with Crippen LogP contribution in [0.15, 0.2) is 24.3 Å². The highest BCUT2D eigenvalue weighted by Crippen LogP contribution is 2.20. The van der Waals surface area contributed by atoms with Crippen molar-refractivity contribution in [1.29, 1.82) is 0 Å². The molecular formula is C15H23NO. The molecule has 0 aromatic heterocycles. The molecule has 1 aromatic carbocycles. The maximum absolute atomic E-state index is 9.43. The lowest BCUT2D eigenvalue weighted by Crippen LogP contribution is -2.40. The van der Waals surface area contributed by atoms with Crippen LogP contribution >= 0.6 is 0 Å². The Kier molecular flexibility index (Phi) is 4.43. The fourth-order valence-electron chi connectivity index (χ4n) is 2.80. The maximum Gasteiger partial charge on any atom is 0.115 e. The molecule has 1 atom stereocenters. The van der Waals surface area contributed by atoms with E-state index in [1.807, 2.05) is 12.1 Å². The number of rotatable bonds is 4. The van der Waals surface area contributed by atoms with Gasteiger partial charge in [0.15, 0.2) is 0 Å². The van der Waals surface area contributed by atoms with Crippen LogP contribution in [-0.2, 0) is 6.42 Å². The summed E-state index contributed by atoms with van der Waals surface area (Å²) >= 11 is 0. The van der Waals surface area contributed by atoms with E-state index in [1.165, 1.54) is 37.8 Å². The lowest BCUT2D eigenvalue weighted by atomic mass is 9.99. The van der Waals surface area contributed by atoms with Crippen LogP contribution < -0.4 is 0 Å². The van der Waals surface area contributed by atoms with Gasteiger partial charge in [-0.25, -0.2) is 0 Å². The average Bonchev–Trinajstić information content (AvgIpc) is 2.37. The van der Waals surface area contributed by atoms with Crippen molar-refractivity contribution >= 4 is 0 Å². The summed E-state index contributed by atoms with van der Waals surface area (Å²) in [5.74, 6) is 0.383. The quantitative estimate of drug-likeness (QED) is 0.863. The van der Waals surface area contributed by atoms with Gasteiger partial charge >= 0.3 is 0 Å². The number of nitrogens with zero attached hydrogens (tertiary/aromatic N) is 1. The van der Waals surface area contributed by atoms with Gasteiger partial charge in [0.2, 0.25) is 0 Å². The topological polar surface area (TPSA) is 23.5 Å². The Morgan fingerprint density at radius 3 is 3.00 bits per heavy atom. The average molecular weight is 233 g/mol. The molecule has 17 heavy (non-hydrogen) atoms. The minimum atomic E-state index is 0.383. The highest BCUT2D eigenvalue weighted by atomic mass is 16.3. The zero-order chi connectivity index (χ0) is 12.1. The third kappa shape index (κ3) is 3.47. The molecule has 0 spiro atoms. The third-order valence-electron chi connectivity index (χ3n) is 3.82. The minimum absolute atomic E-state index is 0.383. The van der Waals surface area contributed by atoms with Crippen LogP contribution in [0.25, 0.3) is 0 Å². The van der Waals surface area contributed by atoms with Crippen molar-refractivity contribution in [2.24, 2.45) is 0 Å². The van der Waals surface area contributed by atoms with Crippen LogP contribution in [0.1, 0.15) is 38.2 Å². The monoisotopic (exact) mass is 233 g/mol. The Balaban J connectivity index is 1.88. The molecule has 1 heterocycles. The van der Waals surface area contributed by atoms with E-state index in [2.05, 4.69) is 17.9 Å². The Labute approximate surface area is 104 Å². The molecule has 0 bridgehead atoms. The number of hydrogen-bond acceptors (Lipinski definition) is 2. The van der Waals surface area contributed by atoms with Crippen LogP contribution in [0, 0.1) is 0 Å². The van der Waals surface area contributed by atoms with E-state index >= 15 is 0 Å². The molecule has 2 rings (SSSR count). The molecular weight excluding hydrogens is 210 g/mol. The SMILES string of the molecule is CCC1CCCCN1CCc1cccc(O)c1. The van der Waals surface area contributed by atoms with Crippen molar-refractivity contribution in [3.05, 3.63) is 29.8 Å². The van der Waals surface area contributed by atoms with Gasteiger partial charge in [-0.3, -0.25) is 0 Å². The largest absolute Gasteiger partial charge is 0.508 e. The first-order valence-electron chi connectivity index (χ1n) is 6.81. The molecule has 1 unspecified atom stereocenters. The van der Waals surface area contributed by atoms with E-state index in [1.54, 1.807) is 6.07 Å². The fourth-order valence-corrected chi connectivity index (χ4v) is 2.80.